The highest BCUT2D eigenvalue weighted by molar-refractivity contribution is 6.00. The van der Waals surface area contributed by atoms with Crippen LogP contribution < -0.4 is 20.9 Å². The number of carbonyl (C=O) groups excluding carboxylic acids is 2. The van der Waals surface area contributed by atoms with Gasteiger partial charge in [-0.1, -0.05) is 0 Å². The number of aromatic nitrogens is 3. The van der Waals surface area contributed by atoms with Crippen LogP contribution >= 0.6 is 0 Å². The lowest BCUT2D eigenvalue weighted by molar-refractivity contribution is 0.0951. The molecule has 11 nitrogen and oxygen atoms in total. The van der Waals surface area contributed by atoms with Crippen molar-refractivity contribution in [1.82, 2.24) is 24.8 Å². The summed E-state index contributed by atoms with van der Waals surface area (Å²) >= 11 is 0. The zero-order valence-electron chi connectivity index (χ0n) is 23.0. The zero-order valence-corrected chi connectivity index (χ0v) is 23.0. The van der Waals surface area contributed by atoms with Crippen molar-refractivity contribution in [2.45, 2.75) is 0 Å². The molecule has 0 radical (unpaired) electrons. The Morgan fingerprint density at radius 2 is 1.57 bits per heavy atom. The van der Waals surface area contributed by atoms with Gasteiger partial charge in [0.1, 0.15) is 5.52 Å². The molecular weight excluding hydrogens is 508 g/mol. The third-order valence-corrected chi connectivity index (χ3v) is 6.66. The predicted molar refractivity (Wildman–Crippen MR) is 157 cm³/mol. The van der Waals surface area contributed by atoms with E-state index in [2.05, 4.69) is 20.9 Å². The molecule has 0 aliphatic carbocycles. The fraction of sp³-hybridized carbons (Fsp3) is 0.310. The lowest BCUT2D eigenvalue weighted by atomic mass is 10.2. The Balaban J connectivity index is 1.22. The highest BCUT2D eigenvalue weighted by Crippen LogP contribution is 2.29. The SMILES string of the molecule is CN(C)CCNC(=O)c1ccc(NC(=O)Nc2ccc(-c3nc(N4CCOCC4)c4c(ccn4C)n3)cc2)cc1. The Hall–Kier alpha value is -4.48. The van der Waals surface area contributed by atoms with Gasteiger partial charge in [-0.05, 0) is 68.7 Å². The molecule has 0 unspecified atom stereocenters. The summed E-state index contributed by atoms with van der Waals surface area (Å²) in [6, 6.07) is 15.8. The van der Waals surface area contributed by atoms with Gasteiger partial charge in [-0.2, -0.15) is 0 Å². The smallest absolute Gasteiger partial charge is 0.323 e. The van der Waals surface area contributed by atoms with Crippen LogP contribution in [0.4, 0.5) is 22.0 Å². The molecule has 3 amide bonds. The van der Waals surface area contributed by atoms with Gasteiger partial charge in [0.05, 0.1) is 18.7 Å². The molecule has 11 heteroatoms. The van der Waals surface area contributed by atoms with Gasteiger partial charge in [-0.3, -0.25) is 4.79 Å². The second-order valence-electron chi connectivity index (χ2n) is 9.92. The van der Waals surface area contributed by atoms with E-state index < -0.39 is 0 Å². The second-order valence-corrected chi connectivity index (χ2v) is 9.92. The molecule has 4 aromatic rings. The molecule has 1 aliphatic rings. The second kappa shape index (κ2) is 12.1. The van der Waals surface area contributed by atoms with Crippen LogP contribution in [0.2, 0.25) is 0 Å². The fourth-order valence-electron chi connectivity index (χ4n) is 4.49. The summed E-state index contributed by atoms with van der Waals surface area (Å²) in [6.07, 6.45) is 1.99. The van der Waals surface area contributed by atoms with E-state index in [0.29, 0.717) is 42.5 Å². The first-order chi connectivity index (χ1) is 19.4. The minimum Gasteiger partial charge on any atom is -0.378 e. The zero-order chi connectivity index (χ0) is 28.1. The Morgan fingerprint density at radius 1 is 0.925 bits per heavy atom. The first-order valence-corrected chi connectivity index (χ1v) is 13.2. The van der Waals surface area contributed by atoms with Crippen molar-refractivity contribution in [1.29, 1.82) is 0 Å². The van der Waals surface area contributed by atoms with Crippen LogP contribution in [0.15, 0.2) is 60.8 Å². The third-order valence-electron chi connectivity index (χ3n) is 6.66. The van der Waals surface area contributed by atoms with Gasteiger partial charge in [0.25, 0.3) is 5.91 Å². The Labute approximate surface area is 233 Å². The monoisotopic (exact) mass is 542 g/mol. The lowest BCUT2D eigenvalue weighted by Gasteiger charge is -2.28. The van der Waals surface area contributed by atoms with Crippen molar-refractivity contribution in [2.75, 3.05) is 69.0 Å². The van der Waals surface area contributed by atoms with Crippen molar-refractivity contribution >= 4 is 40.2 Å². The molecule has 3 heterocycles. The number of likely N-dealkylation sites (N-methyl/N-ethyl adjacent to an activating group) is 1. The topological polar surface area (TPSA) is 117 Å². The van der Waals surface area contributed by atoms with Crippen molar-refractivity contribution in [2.24, 2.45) is 7.05 Å². The Bertz CT molecular complexity index is 1480. The van der Waals surface area contributed by atoms with Crippen LogP contribution in [-0.4, -0.2) is 84.9 Å². The van der Waals surface area contributed by atoms with Gasteiger partial charge in [-0.25, -0.2) is 14.8 Å². The van der Waals surface area contributed by atoms with Gasteiger partial charge in [0.2, 0.25) is 0 Å². The maximum atomic E-state index is 12.6. The molecule has 1 fully saturated rings. The summed E-state index contributed by atoms with van der Waals surface area (Å²) in [5.41, 5.74) is 4.48. The average molecular weight is 543 g/mol. The molecule has 40 heavy (non-hydrogen) atoms. The molecule has 3 N–H and O–H groups in total. The average Bonchev–Trinajstić information content (AvgIpc) is 3.34. The summed E-state index contributed by atoms with van der Waals surface area (Å²) in [7, 11) is 5.90. The van der Waals surface area contributed by atoms with Crippen LogP contribution in [-0.2, 0) is 11.8 Å². The standard InChI is InChI=1S/C29H34N8O3/c1-35(2)15-13-30-28(38)21-6-10-23(11-7-21)32-29(39)31-22-8-4-20(5-9-22)26-33-24-12-14-36(3)25(24)27(34-26)37-16-18-40-19-17-37/h4-12,14H,13,15-19H2,1-3H3,(H,30,38)(H2,31,32,39). The van der Waals surface area contributed by atoms with Gasteiger partial charge in [-0.15, -0.1) is 0 Å². The molecule has 2 aromatic heterocycles. The third kappa shape index (κ3) is 6.38. The van der Waals surface area contributed by atoms with Gasteiger partial charge >= 0.3 is 6.03 Å². The lowest BCUT2D eigenvalue weighted by Crippen LogP contribution is -2.37. The molecule has 1 saturated heterocycles. The number of urea groups is 1. The van der Waals surface area contributed by atoms with Crippen LogP contribution in [0.25, 0.3) is 22.4 Å². The Morgan fingerprint density at radius 3 is 2.23 bits per heavy atom. The Kier molecular flexibility index (Phi) is 8.23. The fourth-order valence-corrected chi connectivity index (χ4v) is 4.49. The van der Waals surface area contributed by atoms with Crippen LogP contribution in [0.1, 0.15) is 10.4 Å². The number of amides is 3. The van der Waals surface area contributed by atoms with E-state index in [-0.39, 0.29) is 11.9 Å². The molecular formula is C29H34N8O3. The number of nitrogens with one attached hydrogen (secondary N) is 3. The number of aryl methyl sites for hydroxylation is 1. The summed E-state index contributed by atoms with van der Waals surface area (Å²) in [5, 5.41) is 8.51. The predicted octanol–water partition coefficient (Wildman–Crippen LogP) is 3.41. The largest absolute Gasteiger partial charge is 0.378 e. The molecule has 0 atom stereocenters. The molecule has 0 bridgehead atoms. The minimum atomic E-state index is -0.382. The van der Waals surface area contributed by atoms with E-state index in [4.69, 9.17) is 14.7 Å². The van der Waals surface area contributed by atoms with Crippen molar-refractivity contribution < 1.29 is 14.3 Å². The molecule has 1 aliphatic heterocycles. The highest BCUT2D eigenvalue weighted by Gasteiger charge is 2.20. The number of rotatable bonds is 8. The number of hydrogen-bond acceptors (Lipinski definition) is 7. The number of morpholine rings is 1. The minimum absolute atomic E-state index is 0.148. The number of carbonyl (C=O) groups is 2. The maximum absolute atomic E-state index is 12.6. The van der Waals surface area contributed by atoms with E-state index in [0.717, 1.165) is 42.0 Å². The van der Waals surface area contributed by atoms with Crippen molar-refractivity contribution in [3.8, 4) is 11.4 Å². The molecule has 208 valence electrons. The van der Waals surface area contributed by atoms with E-state index in [1.54, 1.807) is 24.3 Å². The summed E-state index contributed by atoms with van der Waals surface area (Å²) in [6.45, 7) is 4.23. The van der Waals surface area contributed by atoms with Crippen LogP contribution in [0.3, 0.4) is 0 Å². The molecule has 2 aromatic carbocycles. The number of hydrogen-bond donors (Lipinski definition) is 3. The normalized spacial score (nSPS) is 13.4. The van der Waals surface area contributed by atoms with Crippen LogP contribution in [0.5, 0.6) is 0 Å². The maximum Gasteiger partial charge on any atom is 0.323 e. The molecule has 0 spiro atoms. The van der Waals surface area contributed by atoms with Gasteiger partial charge < -0.3 is 35.1 Å². The quantitative estimate of drug-likeness (QED) is 0.312. The number of ether oxygens (including phenoxy) is 1. The number of benzene rings is 2. The highest BCUT2D eigenvalue weighted by atomic mass is 16.5. The summed E-state index contributed by atoms with van der Waals surface area (Å²) in [5.74, 6) is 1.38. The van der Waals surface area contributed by atoms with Gasteiger partial charge in [0.15, 0.2) is 11.6 Å². The van der Waals surface area contributed by atoms with E-state index in [9.17, 15) is 9.59 Å². The summed E-state index contributed by atoms with van der Waals surface area (Å²) in [4.78, 5) is 38.8. The van der Waals surface area contributed by atoms with Crippen LogP contribution in [0, 0.1) is 0 Å². The first-order valence-electron chi connectivity index (χ1n) is 13.2. The van der Waals surface area contributed by atoms with Crippen molar-refractivity contribution in [3.05, 3.63) is 66.4 Å². The molecule has 5 rings (SSSR count). The number of anilines is 3. The van der Waals surface area contributed by atoms with E-state index in [1.165, 1.54) is 0 Å². The van der Waals surface area contributed by atoms with E-state index >= 15 is 0 Å². The van der Waals surface area contributed by atoms with Crippen molar-refractivity contribution in [3.63, 3.8) is 0 Å². The molecule has 0 saturated carbocycles. The number of fused-ring (bicyclic) bond motifs is 1. The first kappa shape index (κ1) is 27.1. The van der Waals surface area contributed by atoms with E-state index in [1.807, 2.05) is 67.1 Å². The summed E-state index contributed by atoms with van der Waals surface area (Å²) < 4.78 is 7.57. The van der Waals surface area contributed by atoms with Gasteiger partial charge in [0, 0.05) is 61.9 Å². The number of nitrogens with zero attached hydrogens (tertiary/aromatic N) is 5.